The number of rotatable bonds is 2. The van der Waals surface area contributed by atoms with Crippen LogP contribution in [0.15, 0.2) is 48.0 Å². The highest BCUT2D eigenvalue weighted by atomic mass is 16.5. The lowest BCUT2D eigenvalue weighted by molar-refractivity contribution is -0.136. The third kappa shape index (κ3) is 2.13. The van der Waals surface area contributed by atoms with E-state index in [-0.39, 0.29) is 12.0 Å². The molecular weight excluding hydrogens is 274 g/mol. The summed E-state index contributed by atoms with van der Waals surface area (Å²) >= 11 is 0. The molecule has 2 aromatic carbocycles. The number of carbonyl (C=O) groups is 1. The van der Waals surface area contributed by atoms with Gasteiger partial charge in [0.2, 0.25) is 0 Å². The zero-order chi connectivity index (χ0) is 15.1. The standard InChI is InChI=1S/C19H19NO2/c1-22-19(21)18-16(11-15-8-9-17(18)20-15)14-7-6-12-4-2-3-5-13(12)10-14/h2-7,10,15,17,20H,8-9,11H2,1H3/t15?,17-/m1/s1. The van der Waals surface area contributed by atoms with E-state index in [4.69, 9.17) is 4.74 Å². The largest absolute Gasteiger partial charge is 0.466 e. The number of ether oxygens (including phenoxy) is 1. The fraction of sp³-hybridized carbons (Fsp3) is 0.316. The molecular formula is C19H19NO2. The minimum atomic E-state index is -0.194. The molecule has 0 amide bonds. The molecule has 2 aliphatic heterocycles. The summed E-state index contributed by atoms with van der Waals surface area (Å²) < 4.78 is 5.04. The monoisotopic (exact) mass is 293 g/mol. The highest BCUT2D eigenvalue weighted by Crippen LogP contribution is 2.38. The van der Waals surface area contributed by atoms with E-state index in [1.807, 2.05) is 12.1 Å². The Labute approximate surface area is 130 Å². The van der Waals surface area contributed by atoms with Crippen molar-refractivity contribution in [1.82, 2.24) is 5.32 Å². The van der Waals surface area contributed by atoms with Crippen molar-refractivity contribution in [3.05, 3.63) is 53.6 Å². The Morgan fingerprint density at radius 1 is 1.14 bits per heavy atom. The van der Waals surface area contributed by atoms with Crippen molar-refractivity contribution >= 4 is 22.3 Å². The first-order valence-electron chi connectivity index (χ1n) is 7.83. The summed E-state index contributed by atoms with van der Waals surface area (Å²) in [7, 11) is 1.47. The minimum Gasteiger partial charge on any atom is -0.466 e. The average molecular weight is 293 g/mol. The summed E-state index contributed by atoms with van der Waals surface area (Å²) in [4.78, 5) is 12.3. The molecule has 0 aromatic heterocycles. The van der Waals surface area contributed by atoms with Gasteiger partial charge in [-0.15, -0.1) is 0 Å². The number of esters is 1. The van der Waals surface area contributed by atoms with Gasteiger partial charge in [-0.1, -0.05) is 36.4 Å². The molecule has 2 atom stereocenters. The first-order chi connectivity index (χ1) is 10.8. The van der Waals surface area contributed by atoms with Gasteiger partial charge in [-0.3, -0.25) is 0 Å². The minimum absolute atomic E-state index is 0.146. The first-order valence-corrected chi connectivity index (χ1v) is 7.83. The Hall–Kier alpha value is -2.13. The van der Waals surface area contributed by atoms with Gasteiger partial charge >= 0.3 is 5.97 Å². The van der Waals surface area contributed by atoms with Gasteiger partial charge in [0.15, 0.2) is 0 Å². The molecule has 2 bridgehead atoms. The molecule has 0 aliphatic carbocycles. The number of methoxy groups -OCH3 is 1. The molecule has 1 N–H and O–H groups in total. The molecule has 112 valence electrons. The molecule has 1 unspecified atom stereocenters. The summed E-state index contributed by atoms with van der Waals surface area (Å²) in [5.74, 6) is -0.194. The van der Waals surface area contributed by atoms with Crippen LogP contribution in [0.3, 0.4) is 0 Å². The van der Waals surface area contributed by atoms with Crippen molar-refractivity contribution in [2.75, 3.05) is 7.11 Å². The Morgan fingerprint density at radius 3 is 2.77 bits per heavy atom. The highest BCUT2D eigenvalue weighted by Gasteiger charge is 2.37. The lowest BCUT2D eigenvalue weighted by Crippen LogP contribution is -2.38. The van der Waals surface area contributed by atoms with Crippen LogP contribution in [-0.4, -0.2) is 25.2 Å². The number of fused-ring (bicyclic) bond motifs is 3. The molecule has 3 heteroatoms. The van der Waals surface area contributed by atoms with Crippen LogP contribution in [-0.2, 0) is 9.53 Å². The quantitative estimate of drug-likeness (QED) is 0.864. The van der Waals surface area contributed by atoms with Gasteiger partial charge < -0.3 is 10.1 Å². The molecule has 2 aromatic rings. The van der Waals surface area contributed by atoms with Crippen molar-refractivity contribution in [2.24, 2.45) is 0 Å². The van der Waals surface area contributed by atoms with E-state index in [1.54, 1.807) is 0 Å². The van der Waals surface area contributed by atoms with Crippen LogP contribution in [0.2, 0.25) is 0 Å². The number of carbonyl (C=O) groups excluding carboxylic acids is 1. The SMILES string of the molecule is COC(=O)C1=C(c2ccc3ccccc3c2)CC2CC[C@H]1N2. The topological polar surface area (TPSA) is 38.3 Å². The smallest absolute Gasteiger partial charge is 0.335 e. The number of hydrogen-bond donors (Lipinski definition) is 1. The van der Waals surface area contributed by atoms with Crippen LogP contribution in [0.1, 0.15) is 24.8 Å². The van der Waals surface area contributed by atoms with Crippen LogP contribution in [0.4, 0.5) is 0 Å². The van der Waals surface area contributed by atoms with E-state index in [0.29, 0.717) is 6.04 Å². The molecule has 0 spiro atoms. The first kappa shape index (κ1) is 13.5. The van der Waals surface area contributed by atoms with E-state index in [1.165, 1.54) is 17.9 Å². The van der Waals surface area contributed by atoms with E-state index < -0.39 is 0 Å². The second kappa shape index (κ2) is 5.25. The zero-order valence-corrected chi connectivity index (χ0v) is 12.6. The molecule has 0 radical (unpaired) electrons. The van der Waals surface area contributed by atoms with Crippen LogP contribution < -0.4 is 5.32 Å². The van der Waals surface area contributed by atoms with Gasteiger partial charge in [-0.2, -0.15) is 0 Å². The highest BCUT2D eigenvalue weighted by molar-refractivity contribution is 6.00. The number of nitrogens with one attached hydrogen (secondary N) is 1. The lowest BCUT2D eigenvalue weighted by Gasteiger charge is -2.27. The molecule has 0 saturated carbocycles. The molecule has 4 rings (SSSR count). The summed E-state index contributed by atoms with van der Waals surface area (Å²) in [5, 5.41) is 5.97. The van der Waals surface area contributed by atoms with E-state index in [2.05, 4.69) is 35.6 Å². The maximum absolute atomic E-state index is 12.3. The molecule has 3 nitrogen and oxygen atoms in total. The van der Waals surface area contributed by atoms with Gasteiger partial charge in [0, 0.05) is 12.1 Å². The van der Waals surface area contributed by atoms with Gasteiger partial charge in [-0.05, 0) is 47.2 Å². The van der Waals surface area contributed by atoms with Crippen molar-refractivity contribution in [2.45, 2.75) is 31.3 Å². The Bertz CT molecular complexity index is 778. The van der Waals surface area contributed by atoms with Crippen molar-refractivity contribution in [3.63, 3.8) is 0 Å². The third-order valence-electron chi connectivity index (χ3n) is 4.87. The van der Waals surface area contributed by atoms with Crippen molar-refractivity contribution in [1.29, 1.82) is 0 Å². The second-order valence-electron chi connectivity index (χ2n) is 6.14. The molecule has 22 heavy (non-hydrogen) atoms. The molecule has 1 saturated heterocycles. The predicted octanol–water partition coefficient (Wildman–Crippen LogP) is 3.29. The van der Waals surface area contributed by atoms with Gasteiger partial charge in [-0.25, -0.2) is 4.79 Å². The fourth-order valence-corrected chi connectivity index (χ4v) is 3.80. The van der Waals surface area contributed by atoms with Crippen LogP contribution in [0.5, 0.6) is 0 Å². The van der Waals surface area contributed by atoms with Crippen molar-refractivity contribution in [3.8, 4) is 0 Å². The summed E-state index contributed by atoms with van der Waals surface area (Å²) in [5.41, 5.74) is 3.13. The Morgan fingerprint density at radius 2 is 1.95 bits per heavy atom. The molecule has 1 fully saturated rings. The normalized spacial score (nSPS) is 23.9. The van der Waals surface area contributed by atoms with Gasteiger partial charge in [0.25, 0.3) is 0 Å². The number of hydrogen-bond acceptors (Lipinski definition) is 3. The maximum Gasteiger partial charge on any atom is 0.335 e. The van der Waals surface area contributed by atoms with E-state index in [0.717, 1.165) is 36.0 Å². The predicted molar refractivity (Wildman–Crippen MR) is 87.4 cm³/mol. The van der Waals surface area contributed by atoms with E-state index >= 15 is 0 Å². The van der Waals surface area contributed by atoms with Crippen LogP contribution in [0.25, 0.3) is 16.3 Å². The lowest BCUT2D eigenvalue weighted by atomic mass is 9.89. The van der Waals surface area contributed by atoms with Crippen molar-refractivity contribution < 1.29 is 9.53 Å². The molecule has 2 heterocycles. The second-order valence-corrected chi connectivity index (χ2v) is 6.14. The Balaban J connectivity index is 1.87. The maximum atomic E-state index is 12.3. The fourth-order valence-electron chi connectivity index (χ4n) is 3.80. The summed E-state index contributed by atoms with van der Waals surface area (Å²) in [6, 6.07) is 15.4. The molecule has 2 aliphatic rings. The van der Waals surface area contributed by atoms with Gasteiger partial charge in [0.05, 0.1) is 12.7 Å². The van der Waals surface area contributed by atoms with Gasteiger partial charge in [0.1, 0.15) is 0 Å². The number of benzene rings is 2. The van der Waals surface area contributed by atoms with Crippen LogP contribution >= 0.6 is 0 Å². The van der Waals surface area contributed by atoms with Crippen LogP contribution in [0, 0.1) is 0 Å². The summed E-state index contributed by atoms with van der Waals surface area (Å²) in [6.07, 6.45) is 3.05. The van der Waals surface area contributed by atoms with E-state index in [9.17, 15) is 4.79 Å². The summed E-state index contributed by atoms with van der Waals surface area (Å²) in [6.45, 7) is 0. The Kier molecular flexibility index (Phi) is 3.23. The average Bonchev–Trinajstić information content (AvgIpc) is 2.95. The zero-order valence-electron chi connectivity index (χ0n) is 12.6. The third-order valence-corrected chi connectivity index (χ3v) is 4.87.